The average molecular weight is 259 g/mol. The van der Waals surface area contributed by atoms with Gasteiger partial charge in [-0.1, -0.05) is 0 Å². The third-order valence-electron chi connectivity index (χ3n) is 3.43. The van der Waals surface area contributed by atoms with Crippen molar-refractivity contribution < 1.29 is 9.53 Å². The van der Waals surface area contributed by atoms with Crippen molar-refractivity contribution in [1.29, 1.82) is 5.26 Å². The first-order valence-corrected chi connectivity index (χ1v) is 6.44. The number of hydrogen-bond donors (Lipinski definition) is 0. The van der Waals surface area contributed by atoms with Gasteiger partial charge in [-0.2, -0.15) is 5.26 Å². The molecule has 1 fully saturated rings. The molecule has 100 valence electrons. The van der Waals surface area contributed by atoms with E-state index in [1.165, 1.54) is 7.11 Å². The zero-order valence-electron chi connectivity index (χ0n) is 11.0. The third kappa shape index (κ3) is 3.22. The van der Waals surface area contributed by atoms with Gasteiger partial charge < -0.3 is 9.64 Å². The molecule has 0 amide bonds. The topological polar surface area (TPSA) is 66.2 Å². The Balaban J connectivity index is 2.18. The van der Waals surface area contributed by atoms with Crippen LogP contribution < -0.4 is 4.90 Å². The van der Waals surface area contributed by atoms with Gasteiger partial charge in [-0.25, -0.2) is 4.98 Å². The fourth-order valence-corrected chi connectivity index (χ4v) is 2.44. The minimum absolute atomic E-state index is 0.114. The summed E-state index contributed by atoms with van der Waals surface area (Å²) in [7, 11) is 1.41. The largest absolute Gasteiger partial charge is 0.469 e. The van der Waals surface area contributed by atoms with Crippen LogP contribution in [-0.4, -0.2) is 30.6 Å². The molecule has 0 aromatic carbocycles. The molecule has 0 saturated carbocycles. The molecule has 5 heteroatoms. The normalized spacial score (nSPS) is 18.7. The maximum absolute atomic E-state index is 11.5. The molecule has 0 spiro atoms. The number of hydrogen-bond acceptors (Lipinski definition) is 5. The SMILES string of the molecule is COC(=O)CC1CCCCN1c1cc(C#N)ccn1. The summed E-state index contributed by atoms with van der Waals surface area (Å²) in [4.78, 5) is 17.9. The standard InChI is InChI=1S/C14H17N3O2/c1-19-14(18)9-12-4-2-3-7-17(12)13-8-11(10-15)5-6-16-13/h5-6,8,12H,2-4,7,9H2,1H3. The monoisotopic (exact) mass is 259 g/mol. The molecule has 1 atom stereocenters. The zero-order chi connectivity index (χ0) is 13.7. The second-order valence-electron chi connectivity index (χ2n) is 4.64. The van der Waals surface area contributed by atoms with Crippen LogP contribution >= 0.6 is 0 Å². The van der Waals surface area contributed by atoms with Gasteiger partial charge >= 0.3 is 5.97 Å². The first-order valence-electron chi connectivity index (χ1n) is 6.44. The highest BCUT2D eigenvalue weighted by molar-refractivity contribution is 5.70. The van der Waals surface area contributed by atoms with Crippen LogP contribution in [0.2, 0.25) is 0 Å². The third-order valence-corrected chi connectivity index (χ3v) is 3.43. The molecule has 1 aromatic heterocycles. The van der Waals surface area contributed by atoms with Crippen LogP contribution in [-0.2, 0) is 9.53 Å². The summed E-state index contributed by atoms with van der Waals surface area (Å²) < 4.78 is 4.74. The first-order chi connectivity index (χ1) is 9.24. The van der Waals surface area contributed by atoms with Crippen LogP contribution in [0.25, 0.3) is 0 Å². The molecule has 0 aliphatic carbocycles. The molecular formula is C14H17N3O2. The first kappa shape index (κ1) is 13.3. The quantitative estimate of drug-likeness (QED) is 0.775. The van der Waals surface area contributed by atoms with E-state index in [0.717, 1.165) is 31.6 Å². The molecule has 1 saturated heterocycles. The van der Waals surface area contributed by atoms with Gasteiger partial charge in [0.25, 0.3) is 0 Å². The van der Waals surface area contributed by atoms with Crippen LogP contribution in [0, 0.1) is 11.3 Å². The summed E-state index contributed by atoms with van der Waals surface area (Å²) in [5.74, 6) is 0.570. The van der Waals surface area contributed by atoms with Gasteiger partial charge in [-0.15, -0.1) is 0 Å². The lowest BCUT2D eigenvalue weighted by Gasteiger charge is -2.36. The Kier molecular flexibility index (Phi) is 4.35. The van der Waals surface area contributed by atoms with E-state index in [1.807, 2.05) is 0 Å². The van der Waals surface area contributed by atoms with Gasteiger partial charge in [-0.3, -0.25) is 4.79 Å². The Morgan fingerprint density at radius 3 is 3.21 bits per heavy atom. The highest BCUT2D eigenvalue weighted by Crippen LogP contribution is 2.25. The molecule has 0 bridgehead atoms. The minimum Gasteiger partial charge on any atom is -0.469 e. The van der Waals surface area contributed by atoms with E-state index in [2.05, 4.69) is 16.0 Å². The number of carbonyl (C=O) groups is 1. The minimum atomic E-state index is -0.201. The predicted octanol–water partition coefficient (Wildman–Crippen LogP) is 1.88. The molecule has 1 aliphatic rings. The lowest BCUT2D eigenvalue weighted by atomic mass is 9.99. The summed E-state index contributed by atoms with van der Waals surface area (Å²) >= 11 is 0. The van der Waals surface area contributed by atoms with E-state index < -0.39 is 0 Å². The lowest BCUT2D eigenvalue weighted by molar-refractivity contribution is -0.141. The van der Waals surface area contributed by atoms with E-state index in [4.69, 9.17) is 10.00 Å². The maximum Gasteiger partial charge on any atom is 0.307 e. The van der Waals surface area contributed by atoms with Gasteiger partial charge in [0.1, 0.15) is 5.82 Å². The second-order valence-corrected chi connectivity index (χ2v) is 4.64. The Morgan fingerprint density at radius 2 is 2.47 bits per heavy atom. The van der Waals surface area contributed by atoms with E-state index in [1.54, 1.807) is 18.3 Å². The fourth-order valence-electron chi connectivity index (χ4n) is 2.44. The van der Waals surface area contributed by atoms with Crippen LogP contribution in [0.4, 0.5) is 5.82 Å². The molecule has 1 unspecified atom stereocenters. The molecule has 2 rings (SSSR count). The van der Waals surface area contributed by atoms with Crippen LogP contribution in [0.15, 0.2) is 18.3 Å². The van der Waals surface area contributed by atoms with E-state index >= 15 is 0 Å². The van der Waals surface area contributed by atoms with Crippen molar-refractivity contribution in [3.63, 3.8) is 0 Å². The van der Waals surface area contributed by atoms with Crippen LogP contribution in [0.5, 0.6) is 0 Å². The number of aromatic nitrogens is 1. The van der Waals surface area contributed by atoms with Crippen molar-refractivity contribution in [2.75, 3.05) is 18.6 Å². The molecule has 0 radical (unpaired) electrons. The number of piperidine rings is 1. The van der Waals surface area contributed by atoms with Crippen LogP contribution in [0.3, 0.4) is 0 Å². The van der Waals surface area contributed by atoms with E-state index in [0.29, 0.717) is 12.0 Å². The molecule has 0 N–H and O–H groups in total. The van der Waals surface area contributed by atoms with Gasteiger partial charge in [-0.05, 0) is 31.4 Å². The summed E-state index contributed by atoms with van der Waals surface area (Å²) in [6.45, 7) is 0.865. The second kappa shape index (κ2) is 6.19. The summed E-state index contributed by atoms with van der Waals surface area (Å²) in [6, 6.07) is 5.69. The number of carbonyl (C=O) groups excluding carboxylic acids is 1. The number of nitriles is 1. The highest BCUT2D eigenvalue weighted by atomic mass is 16.5. The molecule has 2 heterocycles. The van der Waals surface area contributed by atoms with Crippen molar-refractivity contribution in [3.8, 4) is 6.07 Å². The molecule has 19 heavy (non-hydrogen) atoms. The Hall–Kier alpha value is -2.09. The van der Waals surface area contributed by atoms with Crippen molar-refractivity contribution in [3.05, 3.63) is 23.9 Å². The van der Waals surface area contributed by atoms with Gasteiger partial charge in [0, 0.05) is 18.8 Å². The number of ether oxygens (including phenoxy) is 1. The summed E-state index contributed by atoms with van der Waals surface area (Å²) in [5, 5.41) is 8.94. The predicted molar refractivity (Wildman–Crippen MR) is 70.6 cm³/mol. The van der Waals surface area contributed by atoms with Gasteiger partial charge in [0.05, 0.1) is 25.2 Å². The van der Waals surface area contributed by atoms with Crippen molar-refractivity contribution in [1.82, 2.24) is 4.98 Å². The van der Waals surface area contributed by atoms with Crippen molar-refractivity contribution in [2.45, 2.75) is 31.7 Å². The maximum atomic E-state index is 11.5. The Bertz CT molecular complexity index is 496. The molecular weight excluding hydrogens is 242 g/mol. The number of anilines is 1. The number of esters is 1. The smallest absolute Gasteiger partial charge is 0.307 e. The number of pyridine rings is 1. The summed E-state index contributed by atoms with van der Waals surface area (Å²) in [6.07, 6.45) is 5.15. The van der Waals surface area contributed by atoms with Gasteiger partial charge in [0.2, 0.25) is 0 Å². The van der Waals surface area contributed by atoms with E-state index in [-0.39, 0.29) is 12.0 Å². The highest BCUT2D eigenvalue weighted by Gasteiger charge is 2.26. The number of nitrogens with zero attached hydrogens (tertiary/aromatic N) is 3. The Labute approximate surface area is 112 Å². The Morgan fingerprint density at radius 1 is 1.63 bits per heavy atom. The average Bonchev–Trinajstić information content (AvgIpc) is 2.47. The summed E-state index contributed by atoms with van der Waals surface area (Å²) in [5.41, 5.74) is 0.590. The van der Waals surface area contributed by atoms with Crippen molar-refractivity contribution in [2.24, 2.45) is 0 Å². The lowest BCUT2D eigenvalue weighted by Crippen LogP contribution is -2.41. The number of methoxy groups -OCH3 is 1. The molecule has 5 nitrogen and oxygen atoms in total. The van der Waals surface area contributed by atoms with E-state index in [9.17, 15) is 4.79 Å². The zero-order valence-corrected chi connectivity index (χ0v) is 11.0. The van der Waals surface area contributed by atoms with Crippen molar-refractivity contribution >= 4 is 11.8 Å². The fraction of sp³-hybridized carbons (Fsp3) is 0.500. The number of rotatable bonds is 3. The van der Waals surface area contributed by atoms with Gasteiger partial charge in [0.15, 0.2) is 0 Å². The van der Waals surface area contributed by atoms with Crippen LogP contribution in [0.1, 0.15) is 31.2 Å². The molecule has 1 aliphatic heterocycles. The molecule has 1 aromatic rings.